The molecule has 1 aliphatic rings. The Hall–Kier alpha value is -2.31. The topological polar surface area (TPSA) is 46.9 Å². The number of carbonyl (C=O) groups is 1. The molecule has 0 spiro atoms. The molecule has 0 aliphatic heterocycles. The van der Waals surface area contributed by atoms with Crippen molar-refractivity contribution in [3.05, 3.63) is 52.8 Å². The third-order valence-electron chi connectivity index (χ3n) is 5.01. The summed E-state index contributed by atoms with van der Waals surface area (Å²) in [6.07, 6.45) is -0.467. The average molecular weight is 379 g/mol. The first-order valence-corrected chi connectivity index (χ1v) is 9.40. The minimum Gasteiger partial charge on any atom is -0.348 e. The van der Waals surface area contributed by atoms with Crippen LogP contribution in [0.25, 0.3) is 0 Å². The largest absolute Gasteiger partial charge is 0.435 e. The van der Waals surface area contributed by atoms with Gasteiger partial charge in [0, 0.05) is 11.3 Å². The highest BCUT2D eigenvalue weighted by molar-refractivity contribution is 5.76. The Balaban J connectivity index is 1.80. The summed E-state index contributed by atoms with van der Waals surface area (Å²) >= 11 is 0. The number of benzene rings is 1. The molecule has 1 aromatic carbocycles. The third kappa shape index (κ3) is 4.51. The fraction of sp³-hybridized carbons (Fsp3) is 0.500. The SMILES string of the molecule is CCC(NC(=O)Cn1nc(C(F)(F)F)c2c1CCCCC2)c1ccccc1. The Morgan fingerprint density at radius 1 is 1.19 bits per heavy atom. The normalized spacial score (nSPS) is 15.7. The Bertz CT molecular complexity index is 784. The number of carbonyl (C=O) groups excluding carboxylic acids is 1. The van der Waals surface area contributed by atoms with Crippen LogP contribution in [0.15, 0.2) is 30.3 Å². The molecule has 1 unspecified atom stereocenters. The fourth-order valence-electron chi connectivity index (χ4n) is 3.69. The van der Waals surface area contributed by atoms with E-state index in [1.54, 1.807) is 0 Å². The van der Waals surface area contributed by atoms with Crippen LogP contribution in [0, 0.1) is 0 Å². The molecule has 0 fully saturated rings. The van der Waals surface area contributed by atoms with Gasteiger partial charge < -0.3 is 5.32 Å². The molecular formula is C20H24F3N3O. The summed E-state index contributed by atoms with van der Waals surface area (Å²) in [6.45, 7) is 1.77. The van der Waals surface area contributed by atoms with Crippen LogP contribution in [-0.4, -0.2) is 15.7 Å². The van der Waals surface area contributed by atoms with Crippen LogP contribution >= 0.6 is 0 Å². The van der Waals surface area contributed by atoms with Gasteiger partial charge in [0.2, 0.25) is 5.91 Å². The van der Waals surface area contributed by atoms with Gasteiger partial charge in [0.15, 0.2) is 5.69 Å². The van der Waals surface area contributed by atoms with Crippen molar-refractivity contribution in [1.29, 1.82) is 0 Å². The van der Waals surface area contributed by atoms with Crippen molar-refractivity contribution in [3.63, 3.8) is 0 Å². The number of hydrogen-bond acceptors (Lipinski definition) is 2. The van der Waals surface area contributed by atoms with Gasteiger partial charge >= 0.3 is 6.18 Å². The molecular weight excluding hydrogens is 355 g/mol. The second-order valence-corrected chi connectivity index (χ2v) is 6.93. The molecule has 0 radical (unpaired) electrons. The van der Waals surface area contributed by atoms with Crippen LogP contribution in [0.2, 0.25) is 0 Å². The predicted molar refractivity (Wildman–Crippen MR) is 96.1 cm³/mol. The predicted octanol–water partition coefficient (Wildman–Crippen LogP) is 4.44. The minimum atomic E-state index is -4.49. The summed E-state index contributed by atoms with van der Waals surface area (Å²) in [7, 11) is 0. The van der Waals surface area contributed by atoms with Crippen molar-refractivity contribution < 1.29 is 18.0 Å². The second kappa shape index (κ2) is 8.15. The highest BCUT2D eigenvalue weighted by Crippen LogP contribution is 2.35. The van der Waals surface area contributed by atoms with Crippen molar-refractivity contribution in [2.24, 2.45) is 0 Å². The van der Waals surface area contributed by atoms with Crippen LogP contribution in [0.1, 0.15) is 61.2 Å². The minimum absolute atomic E-state index is 0.171. The Labute approximate surface area is 156 Å². The van der Waals surface area contributed by atoms with Crippen molar-refractivity contribution >= 4 is 5.91 Å². The zero-order valence-electron chi connectivity index (χ0n) is 15.4. The van der Waals surface area contributed by atoms with Crippen LogP contribution in [0.3, 0.4) is 0 Å². The van der Waals surface area contributed by atoms with Crippen molar-refractivity contribution in [2.75, 3.05) is 0 Å². The fourth-order valence-corrected chi connectivity index (χ4v) is 3.69. The maximum Gasteiger partial charge on any atom is 0.435 e. The number of hydrogen-bond donors (Lipinski definition) is 1. The summed E-state index contributed by atoms with van der Waals surface area (Å²) in [5, 5.41) is 6.70. The number of halogens is 3. The van der Waals surface area contributed by atoms with Crippen LogP contribution in [0.4, 0.5) is 13.2 Å². The number of nitrogens with zero attached hydrogens (tertiary/aromatic N) is 2. The van der Waals surface area contributed by atoms with Crippen molar-refractivity contribution in [3.8, 4) is 0 Å². The zero-order valence-corrected chi connectivity index (χ0v) is 15.4. The molecule has 1 aromatic heterocycles. The summed E-state index contributed by atoms with van der Waals surface area (Å²) in [4.78, 5) is 12.5. The van der Waals surface area contributed by atoms with E-state index in [1.807, 2.05) is 37.3 Å². The van der Waals surface area contributed by atoms with Gasteiger partial charge in [0.1, 0.15) is 6.54 Å². The first kappa shape index (κ1) is 19.5. The van der Waals surface area contributed by atoms with Crippen LogP contribution < -0.4 is 5.32 Å². The summed E-state index contributed by atoms with van der Waals surface area (Å²) < 4.78 is 41.4. The molecule has 1 heterocycles. The molecule has 0 saturated carbocycles. The first-order valence-electron chi connectivity index (χ1n) is 9.40. The Kier molecular flexibility index (Phi) is 5.87. The molecule has 4 nitrogen and oxygen atoms in total. The number of amides is 1. The van der Waals surface area contributed by atoms with E-state index in [4.69, 9.17) is 0 Å². The zero-order chi connectivity index (χ0) is 19.4. The summed E-state index contributed by atoms with van der Waals surface area (Å²) in [6, 6.07) is 9.37. The molecule has 146 valence electrons. The number of rotatable bonds is 5. The number of fused-ring (bicyclic) bond motifs is 1. The van der Waals surface area contributed by atoms with Gasteiger partial charge in [0.25, 0.3) is 0 Å². The molecule has 27 heavy (non-hydrogen) atoms. The molecule has 2 aromatic rings. The molecule has 0 bridgehead atoms. The standard InChI is InChI=1S/C20H24F3N3O/c1-2-16(14-9-5-3-6-10-14)24-18(27)13-26-17-12-8-4-7-11-15(17)19(25-26)20(21,22)23/h3,5-6,9-10,16H,2,4,7-8,11-13H2,1H3,(H,24,27). The Morgan fingerprint density at radius 2 is 1.89 bits per heavy atom. The number of aromatic nitrogens is 2. The van der Waals surface area contributed by atoms with Gasteiger partial charge in [-0.1, -0.05) is 43.7 Å². The van der Waals surface area contributed by atoms with E-state index in [0.717, 1.165) is 24.8 Å². The lowest BCUT2D eigenvalue weighted by atomic mass is 10.0. The molecule has 0 saturated heterocycles. The van der Waals surface area contributed by atoms with Crippen LogP contribution in [-0.2, 0) is 30.4 Å². The number of nitrogens with one attached hydrogen (secondary N) is 1. The Morgan fingerprint density at radius 3 is 2.56 bits per heavy atom. The van der Waals surface area contributed by atoms with E-state index in [0.29, 0.717) is 25.0 Å². The summed E-state index contributed by atoms with van der Waals surface area (Å²) in [5.74, 6) is -0.325. The maximum absolute atomic E-state index is 13.4. The molecule has 1 atom stereocenters. The van der Waals surface area contributed by atoms with E-state index < -0.39 is 11.9 Å². The second-order valence-electron chi connectivity index (χ2n) is 6.93. The maximum atomic E-state index is 13.4. The lowest BCUT2D eigenvalue weighted by molar-refractivity contribution is -0.142. The van der Waals surface area contributed by atoms with E-state index >= 15 is 0 Å². The van der Waals surface area contributed by atoms with Crippen LogP contribution in [0.5, 0.6) is 0 Å². The van der Waals surface area contributed by atoms with Gasteiger partial charge in [-0.25, -0.2) is 0 Å². The van der Waals surface area contributed by atoms with Gasteiger partial charge in [-0.05, 0) is 37.7 Å². The quantitative estimate of drug-likeness (QED) is 0.781. The van der Waals surface area contributed by atoms with E-state index in [-0.39, 0.29) is 24.1 Å². The highest BCUT2D eigenvalue weighted by atomic mass is 19.4. The molecule has 3 rings (SSSR count). The van der Waals surface area contributed by atoms with Gasteiger partial charge in [-0.15, -0.1) is 0 Å². The van der Waals surface area contributed by atoms with Gasteiger partial charge in [-0.2, -0.15) is 18.3 Å². The monoisotopic (exact) mass is 379 g/mol. The highest BCUT2D eigenvalue weighted by Gasteiger charge is 2.39. The average Bonchev–Trinajstić information content (AvgIpc) is 2.82. The van der Waals surface area contributed by atoms with Crippen molar-refractivity contribution in [1.82, 2.24) is 15.1 Å². The lowest BCUT2D eigenvalue weighted by Gasteiger charge is -2.18. The molecule has 7 heteroatoms. The number of alkyl halides is 3. The smallest absolute Gasteiger partial charge is 0.348 e. The first-order chi connectivity index (χ1) is 12.9. The molecule has 1 aliphatic carbocycles. The van der Waals surface area contributed by atoms with E-state index in [1.165, 1.54) is 4.68 Å². The molecule has 1 amide bonds. The van der Waals surface area contributed by atoms with E-state index in [9.17, 15) is 18.0 Å². The summed E-state index contributed by atoms with van der Waals surface area (Å²) in [5.41, 5.74) is 0.969. The lowest BCUT2D eigenvalue weighted by Crippen LogP contribution is -2.32. The van der Waals surface area contributed by atoms with Gasteiger partial charge in [0.05, 0.1) is 6.04 Å². The van der Waals surface area contributed by atoms with Crippen molar-refractivity contribution in [2.45, 2.75) is 64.2 Å². The third-order valence-corrected chi connectivity index (χ3v) is 5.01. The molecule has 1 N–H and O–H groups in total. The van der Waals surface area contributed by atoms with E-state index in [2.05, 4.69) is 10.4 Å². The van der Waals surface area contributed by atoms with Gasteiger partial charge in [-0.3, -0.25) is 9.48 Å².